The van der Waals surface area contributed by atoms with Crippen LogP contribution < -0.4 is 16.4 Å². The molecular weight excluding hydrogens is 406 g/mol. The van der Waals surface area contributed by atoms with Crippen molar-refractivity contribution in [2.75, 3.05) is 22.6 Å². The van der Waals surface area contributed by atoms with Gasteiger partial charge < -0.3 is 16.2 Å². The van der Waals surface area contributed by atoms with Crippen molar-refractivity contribution in [3.8, 4) is 11.1 Å². The number of carbonyl (C=O) groups excluding carboxylic acids is 1. The summed E-state index contributed by atoms with van der Waals surface area (Å²) in [5.74, 6) is -0.409. The summed E-state index contributed by atoms with van der Waals surface area (Å²) in [4.78, 5) is 23.4. The summed E-state index contributed by atoms with van der Waals surface area (Å²) < 4.78 is 23.2. The van der Waals surface area contributed by atoms with Crippen molar-refractivity contribution in [3.05, 3.63) is 72.3 Å². The smallest absolute Gasteiger partial charge is 0.409 e. The molecule has 3 rings (SSSR count). The minimum absolute atomic E-state index is 0.219. The van der Waals surface area contributed by atoms with E-state index in [2.05, 4.69) is 10.6 Å². The molecule has 9 heteroatoms. The Balaban J connectivity index is 1.81. The molecule has 0 radical (unpaired) electrons. The lowest BCUT2D eigenvalue weighted by atomic mass is 10.0. The number of nitrogen functional groups attached to an aromatic ring is 1. The van der Waals surface area contributed by atoms with Crippen LogP contribution in [0.1, 0.15) is 10.4 Å². The van der Waals surface area contributed by atoms with Crippen LogP contribution in [-0.2, 0) is 9.84 Å². The molecule has 30 heavy (non-hydrogen) atoms. The number of amides is 2. The second-order valence-corrected chi connectivity index (χ2v) is 8.58. The Morgan fingerprint density at radius 1 is 0.867 bits per heavy atom. The molecule has 0 atom stereocenters. The van der Waals surface area contributed by atoms with Gasteiger partial charge in [-0.05, 0) is 59.7 Å². The molecule has 0 aromatic heterocycles. The summed E-state index contributed by atoms with van der Waals surface area (Å²) in [5, 5.41) is 13.6. The molecule has 0 saturated carbocycles. The van der Waals surface area contributed by atoms with Gasteiger partial charge in [0.25, 0.3) is 5.91 Å². The first kappa shape index (κ1) is 20.9. The average molecular weight is 425 g/mol. The van der Waals surface area contributed by atoms with Crippen molar-refractivity contribution < 1.29 is 23.1 Å². The Kier molecular flexibility index (Phi) is 5.74. The molecule has 3 aromatic rings. The van der Waals surface area contributed by atoms with Crippen molar-refractivity contribution in [3.63, 3.8) is 0 Å². The summed E-state index contributed by atoms with van der Waals surface area (Å²) in [6.07, 6.45) is -0.0512. The van der Waals surface area contributed by atoms with Crippen LogP contribution in [0.15, 0.2) is 71.6 Å². The van der Waals surface area contributed by atoms with E-state index in [4.69, 9.17) is 10.8 Å². The van der Waals surface area contributed by atoms with Gasteiger partial charge in [-0.25, -0.2) is 13.2 Å². The topological polar surface area (TPSA) is 139 Å². The van der Waals surface area contributed by atoms with Crippen molar-refractivity contribution in [2.45, 2.75) is 4.90 Å². The predicted molar refractivity (Wildman–Crippen MR) is 115 cm³/mol. The maximum atomic E-state index is 12.5. The van der Waals surface area contributed by atoms with Crippen LogP contribution in [0, 0.1) is 0 Å². The van der Waals surface area contributed by atoms with Gasteiger partial charge in [0, 0.05) is 17.5 Å². The SMILES string of the molecule is CS(=O)(=O)c1ccc(-c2ccc(N)c(NC(=O)c3ccc(NC(=O)O)cc3)c2)cc1. The number of rotatable bonds is 5. The summed E-state index contributed by atoms with van der Waals surface area (Å²) >= 11 is 0. The Labute approximate surface area is 173 Å². The molecule has 0 bridgehead atoms. The number of benzene rings is 3. The van der Waals surface area contributed by atoms with Crippen LogP contribution in [0.4, 0.5) is 21.9 Å². The fourth-order valence-corrected chi connectivity index (χ4v) is 3.39. The fraction of sp³-hybridized carbons (Fsp3) is 0.0476. The third-order valence-electron chi connectivity index (χ3n) is 4.32. The van der Waals surface area contributed by atoms with Crippen LogP contribution in [0.5, 0.6) is 0 Å². The van der Waals surface area contributed by atoms with E-state index < -0.39 is 21.8 Å². The summed E-state index contributed by atoms with van der Waals surface area (Å²) in [6, 6.07) is 17.5. The molecule has 0 aliphatic heterocycles. The third kappa shape index (κ3) is 4.95. The van der Waals surface area contributed by atoms with E-state index in [1.165, 1.54) is 36.4 Å². The van der Waals surface area contributed by atoms with Crippen molar-refractivity contribution >= 4 is 38.9 Å². The number of hydrogen-bond donors (Lipinski definition) is 4. The fourth-order valence-electron chi connectivity index (χ4n) is 2.76. The second kappa shape index (κ2) is 8.26. The maximum absolute atomic E-state index is 12.5. The molecule has 0 heterocycles. The van der Waals surface area contributed by atoms with E-state index in [0.29, 0.717) is 22.6 Å². The minimum atomic E-state index is -3.29. The van der Waals surface area contributed by atoms with Crippen molar-refractivity contribution in [2.24, 2.45) is 0 Å². The number of nitrogens with two attached hydrogens (primary N) is 1. The zero-order valence-electron chi connectivity index (χ0n) is 15.9. The average Bonchev–Trinajstić information content (AvgIpc) is 2.69. The monoisotopic (exact) mass is 425 g/mol. The molecule has 154 valence electrons. The lowest BCUT2D eigenvalue weighted by molar-refractivity contribution is 0.102. The molecule has 0 fully saturated rings. The van der Waals surface area contributed by atoms with Gasteiger partial charge in [-0.1, -0.05) is 18.2 Å². The minimum Gasteiger partial charge on any atom is -0.465 e. The van der Waals surface area contributed by atoms with Gasteiger partial charge in [0.05, 0.1) is 16.3 Å². The number of hydrogen-bond acceptors (Lipinski definition) is 5. The van der Waals surface area contributed by atoms with Crippen LogP contribution >= 0.6 is 0 Å². The molecule has 2 amide bonds. The first-order valence-electron chi connectivity index (χ1n) is 8.75. The first-order valence-corrected chi connectivity index (χ1v) is 10.6. The quantitative estimate of drug-likeness (QED) is 0.460. The molecule has 8 nitrogen and oxygen atoms in total. The Hall–Kier alpha value is -3.85. The highest BCUT2D eigenvalue weighted by molar-refractivity contribution is 7.90. The highest BCUT2D eigenvalue weighted by Gasteiger charge is 2.11. The maximum Gasteiger partial charge on any atom is 0.409 e. The van der Waals surface area contributed by atoms with Gasteiger partial charge in [0.2, 0.25) is 0 Å². The van der Waals surface area contributed by atoms with Crippen LogP contribution in [0.2, 0.25) is 0 Å². The highest BCUT2D eigenvalue weighted by atomic mass is 32.2. The Morgan fingerprint density at radius 3 is 2.03 bits per heavy atom. The lowest BCUT2D eigenvalue weighted by Crippen LogP contribution is -2.13. The molecule has 3 aromatic carbocycles. The number of nitrogens with one attached hydrogen (secondary N) is 2. The summed E-state index contributed by atoms with van der Waals surface area (Å²) in [5.41, 5.74) is 8.94. The van der Waals surface area contributed by atoms with Gasteiger partial charge in [-0.3, -0.25) is 10.1 Å². The van der Waals surface area contributed by atoms with E-state index in [-0.39, 0.29) is 4.90 Å². The molecule has 5 N–H and O–H groups in total. The Bertz CT molecular complexity index is 1200. The zero-order valence-corrected chi connectivity index (χ0v) is 16.7. The third-order valence-corrected chi connectivity index (χ3v) is 5.44. The Morgan fingerprint density at radius 2 is 1.47 bits per heavy atom. The van der Waals surface area contributed by atoms with Crippen LogP contribution in [0.25, 0.3) is 11.1 Å². The zero-order chi connectivity index (χ0) is 21.9. The number of carboxylic acid groups (broad SMARTS) is 1. The number of anilines is 3. The molecule has 0 saturated heterocycles. The van der Waals surface area contributed by atoms with Gasteiger partial charge in [-0.2, -0.15) is 0 Å². The molecule has 0 spiro atoms. The lowest BCUT2D eigenvalue weighted by Gasteiger charge is -2.11. The van der Waals surface area contributed by atoms with Gasteiger partial charge in [-0.15, -0.1) is 0 Å². The summed E-state index contributed by atoms with van der Waals surface area (Å²) in [6.45, 7) is 0. The number of carbonyl (C=O) groups is 2. The van der Waals surface area contributed by atoms with Crippen molar-refractivity contribution in [1.29, 1.82) is 0 Å². The molecule has 0 aliphatic rings. The molecule has 0 unspecified atom stereocenters. The second-order valence-electron chi connectivity index (χ2n) is 6.56. The molecule has 0 aliphatic carbocycles. The van der Waals surface area contributed by atoms with E-state index in [1.54, 1.807) is 30.3 Å². The molecular formula is C21H19N3O5S. The largest absolute Gasteiger partial charge is 0.465 e. The van der Waals surface area contributed by atoms with E-state index in [0.717, 1.165) is 17.4 Å². The van der Waals surface area contributed by atoms with Gasteiger partial charge >= 0.3 is 6.09 Å². The summed E-state index contributed by atoms with van der Waals surface area (Å²) in [7, 11) is -3.29. The van der Waals surface area contributed by atoms with Crippen LogP contribution in [-0.4, -0.2) is 31.8 Å². The van der Waals surface area contributed by atoms with E-state index in [9.17, 15) is 18.0 Å². The van der Waals surface area contributed by atoms with Crippen molar-refractivity contribution in [1.82, 2.24) is 0 Å². The first-order chi connectivity index (χ1) is 14.1. The number of sulfone groups is 1. The van der Waals surface area contributed by atoms with Crippen LogP contribution in [0.3, 0.4) is 0 Å². The normalized spacial score (nSPS) is 11.0. The standard InChI is InChI=1S/C21H19N3O5S/c1-30(28,29)17-9-4-13(5-10-17)15-6-11-18(22)19(12-15)24-20(25)14-2-7-16(8-3-14)23-21(26)27/h2-12,23H,22H2,1H3,(H,24,25)(H,26,27). The van der Waals surface area contributed by atoms with E-state index in [1.807, 2.05) is 0 Å². The van der Waals surface area contributed by atoms with E-state index >= 15 is 0 Å². The van der Waals surface area contributed by atoms with Gasteiger partial charge in [0.1, 0.15) is 0 Å². The van der Waals surface area contributed by atoms with Gasteiger partial charge in [0.15, 0.2) is 9.84 Å². The predicted octanol–water partition coefficient (Wildman–Crippen LogP) is 3.68. The highest BCUT2D eigenvalue weighted by Crippen LogP contribution is 2.28.